The van der Waals surface area contributed by atoms with E-state index in [1.165, 1.54) is 18.2 Å². The lowest BCUT2D eigenvalue weighted by molar-refractivity contribution is -0.146. The summed E-state index contributed by atoms with van der Waals surface area (Å²) >= 11 is 11.7. The first kappa shape index (κ1) is 21.2. The number of amides is 1. The third kappa shape index (κ3) is 6.53. The second kappa shape index (κ2) is 9.21. The molecule has 0 heterocycles. The summed E-state index contributed by atoms with van der Waals surface area (Å²) in [6.07, 6.45) is -0.414. The van der Waals surface area contributed by atoms with Gasteiger partial charge in [-0.2, -0.15) is 0 Å². The molecule has 0 aliphatic rings. The van der Waals surface area contributed by atoms with Crippen LogP contribution in [0, 0.1) is 6.92 Å². The molecule has 0 atom stereocenters. The Labute approximate surface area is 167 Å². The quantitative estimate of drug-likeness (QED) is 0.678. The maximum atomic E-state index is 12.3. The van der Waals surface area contributed by atoms with E-state index in [9.17, 15) is 18.0 Å². The Morgan fingerprint density at radius 3 is 2.56 bits per heavy atom. The molecular weight excluding hydrogens is 413 g/mol. The topological polar surface area (TPSA) is 89.5 Å². The van der Waals surface area contributed by atoms with Crippen LogP contribution in [-0.2, 0) is 24.2 Å². The molecule has 0 aliphatic carbocycles. The van der Waals surface area contributed by atoms with Crippen LogP contribution < -0.4 is 5.32 Å². The molecule has 0 aromatic heterocycles. The van der Waals surface area contributed by atoms with Crippen LogP contribution in [0.5, 0.6) is 0 Å². The predicted molar refractivity (Wildman–Crippen MR) is 104 cm³/mol. The summed E-state index contributed by atoms with van der Waals surface area (Å²) < 4.78 is 29.4. The first-order valence-electron chi connectivity index (χ1n) is 7.87. The van der Waals surface area contributed by atoms with E-state index in [-0.39, 0.29) is 14.9 Å². The largest absolute Gasteiger partial charge is 0.456 e. The fourth-order valence-corrected chi connectivity index (χ4v) is 4.22. The molecule has 0 aliphatic heterocycles. The van der Waals surface area contributed by atoms with Gasteiger partial charge >= 0.3 is 5.97 Å². The lowest BCUT2D eigenvalue weighted by atomic mass is 10.2. The lowest BCUT2D eigenvalue weighted by Gasteiger charge is -2.08. The number of anilines is 1. The molecule has 9 heteroatoms. The van der Waals surface area contributed by atoms with E-state index in [0.29, 0.717) is 5.69 Å². The number of carbonyl (C=O) groups excluding carboxylic acids is 2. The van der Waals surface area contributed by atoms with Crippen LogP contribution >= 0.6 is 23.2 Å². The SMILES string of the molecule is Cc1cccc(NC(=O)COC(=O)CCS(=O)(=O)c2cc(Cl)ccc2Cl)c1. The number of ether oxygens (including phenoxy) is 1. The number of rotatable bonds is 7. The van der Waals surface area contributed by atoms with E-state index in [1.807, 2.05) is 13.0 Å². The van der Waals surface area contributed by atoms with Gasteiger partial charge in [0.25, 0.3) is 5.91 Å². The Hall–Kier alpha value is -2.09. The average Bonchev–Trinajstić information content (AvgIpc) is 2.60. The minimum atomic E-state index is -3.82. The lowest BCUT2D eigenvalue weighted by Crippen LogP contribution is -2.22. The zero-order valence-corrected chi connectivity index (χ0v) is 16.7. The van der Waals surface area contributed by atoms with Gasteiger partial charge in [0.05, 0.1) is 22.1 Å². The number of esters is 1. The van der Waals surface area contributed by atoms with E-state index >= 15 is 0 Å². The summed E-state index contributed by atoms with van der Waals surface area (Å²) in [7, 11) is -3.82. The van der Waals surface area contributed by atoms with Crippen molar-refractivity contribution in [1.29, 1.82) is 0 Å². The van der Waals surface area contributed by atoms with E-state index in [4.69, 9.17) is 27.9 Å². The Kier molecular flexibility index (Phi) is 7.24. The van der Waals surface area contributed by atoms with Crippen LogP contribution in [0.25, 0.3) is 0 Å². The van der Waals surface area contributed by atoms with Crippen molar-refractivity contribution in [3.63, 3.8) is 0 Å². The summed E-state index contributed by atoms with van der Waals surface area (Å²) in [6.45, 7) is 1.37. The van der Waals surface area contributed by atoms with Crippen molar-refractivity contribution in [3.05, 3.63) is 58.1 Å². The molecular formula is C18H17Cl2NO5S. The number of sulfone groups is 1. The maximum Gasteiger partial charge on any atom is 0.307 e. The Bertz CT molecular complexity index is 960. The molecule has 0 spiro atoms. The van der Waals surface area contributed by atoms with E-state index in [2.05, 4.69) is 5.32 Å². The highest BCUT2D eigenvalue weighted by Gasteiger charge is 2.21. The normalized spacial score (nSPS) is 11.1. The minimum Gasteiger partial charge on any atom is -0.456 e. The number of halogens is 2. The zero-order chi connectivity index (χ0) is 20.0. The molecule has 144 valence electrons. The molecule has 0 saturated carbocycles. The molecule has 0 radical (unpaired) electrons. The van der Waals surface area contributed by atoms with E-state index < -0.39 is 40.5 Å². The van der Waals surface area contributed by atoms with Gasteiger partial charge in [0.2, 0.25) is 0 Å². The van der Waals surface area contributed by atoms with Crippen LogP contribution in [0.15, 0.2) is 47.4 Å². The van der Waals surface area contributed by atoms with Crippen molar-refractivity contribution in [2.24, 2.45) is 0 Å². The van der Waals surface area contributed by atoms with Crippen LogP contribution in [0.1, 0.15) is 12.0 Å². The van der Waals surface area contributed by atoms with Crippen molar-refractivity contribution in [2.45, 2.75) is 18.2 Å². The summed E-state index contributed by atoms with van der Waals surface area (Å²) in [4.78, 5) is 23.4. The molecule has 2 rings (SSSR count). The number of carbonyl (C=O) groups is 2. The van der Waals surface area contributed by atoms with Crippen molar-refractivity contribution < 1.29 is 22.7 Å². The standard InChI is InChI=1S/C18H17Cl2NO5S/c1-12-3-2-4-14(9-12)21-17(22)11-26-18(23)7-8-27(24,25)16-10-13(19)5-6-15(16)20/h2-6,9-10H,7-8,11H2,1H3,(H,21,22). The summed E-state index contributed by atoms with van der Waals surface area (Å²) in [6, 6.07) is 11.2. The molecule has 0 bridgehead atoms. The van der Waals surface area contributed by atoms with Gasteiger partial charge in [0.15, 0.2) is 16.4 Å². The van der Waals surface area contributed by atoms with Crippen molar-refractivity contribution >= 4 is 50.6 Å². The fourth-order valence-electron chi connectivity index (χ4n) is 2.18. The van der Waals surface area contributed by atoms with Gasteiger partial charge < -0.3 is 10.1 Å². The van der Waals surface area contributed by atoms with Crippen molar-refractivity contribution in [1.82, 2.24) is 0 Å². The molecule has 0 fully saturated rings. The highest BCUT2D eigenvalue weighted by Crippen LogP contribution is 2.26. The van der Waals surface area contributed by atoms with Crippen LogP contribution in [0.2, 0.25) is 10.0 Å². The third-order valence-corrected chi connectivity index (χ3v) is 5.90. The smallest absolute Gasteiger partial charge is 0.307 e. The summed E-state index contributed by atoms with van der Waals surface area (Å²) in [5.74, 6) is -1.84. The Balaban J connectivity index is 1.85. The van der Waals surface area contributed by atoms with E-state index in [1.54, 1.807) is 18.2 Å². The highest BCUT2D eigenvalue weighted by molar-refractivity contribution is 7.91. The van der Waals surface area contributed by atoms with Crippen molar-refractivity contribution in [3.8, 4) is 0 Å². The van der Waals surface area contributed by atoms with Gasteiger partial charge in [0.1, 0.15) is 0 Å². The first-order chi connectivity index (χ1) is 12.7. The Morgan fingerprint density at radius 2 is 1.85 bits per heavy atom. The molecule has 6 nitrogen and oxygen atoms in total. The fraction of sp³-hybridized carbons (Fsp3) is 0.222. The number of benzene rings is 2. The van der Waals surface area contributed by atoms with E-state index in [0.717, 1.165) is 5.56 Å². The van der Waals surface area contributed by atoms with Gasteiger partial charge in [-0.1, -0.05) is 35.3 Å². The van der Waals surface area contributed by atoms with Crippen LogP contribution in [0.3, 0.4) is 0 Å². The average molecular weight is 430 g/mol. The predicted octanol–water partition coefficient (Wildman–Crippen LogP) is 3.65. The van der Waals surface area contributed by atoms with Gasteiger partial charge in [-0.15, -0.1) is 0 Å². The summed E-state index contributed by atoms with van der Waals surface area (Å²) in [5.41, 5.74) is 1.55. The van der Waals surface area contributed by atoms with Gasteiger partial charge in [-0.3, -0.25) is 9.59 Å². The molecule has 0 unspecified atom stereocenters. The second-order valence-corrected chi connectivity index (χ2v) is 8.64. The van der Waals surface area contributed by atoms with Gasteiger partial charge in [0, 0.05) is 10.7 Å². The second-order valence-electron chi connectivity index (χ2n) is 5.72. The number of hydrogen-bond donors (Lipinski definition) is 1. The van der Waals surface area contributed by atoms with Crippen molar-refractivity contribution in [2.75, 3.05) is 17.7 Å². The van der Waals surface area contributed by atoms with Crippen LogP contribution in [-0.4, -0.2) is 32.7 Å². The molecule has 27 heavy (non-hydrogen) atoms. The van der Waals surface area contributed by atoms with Gasteiger partial charge in [-0.25, -0.2) is 8.42 Å². The maximum absolute atomic E-state index is 12.3. The Morgan fingerprint density at radius 1 is 1.11 bits per heavy atom. The molecule has 1 N–H and O–H groups in total. The van der Waals surface area contributed by atoms with Crippen LogP contribution in [0.4, 0.5) is 5.69 Å². The third-order valence-electron chi connectivity index (χ3n) is 3.47. The molecule has 1 amide bonds. The molecule has 2 aromatic carbocycles. The number of nitrogens with one attached hydrogen (secondary N) is 1. The number of hydrogen-bond acceptors (Lipinski definition) is 5. The first-order valence-corrected chi connectivity index (χ1v) is 10.3. The highest BCUT2D eigenvalue weighted by atomic mass is 35.5. The zero-order valence-electron chi connectivity index (χ0n) is 14.4. The number of aryl methyl sites for hydroxylation is 1. The monoisotopic (exact) mass is 429 g/mol. The minimum absolute atomic E-state index is 0.0188. The molecule has 0 saturated heterocycles. The van der Waals surface area contributed by atoms with Gasteiger partial charge in [-0.05, 0) is 42.8 Å². The summed E-state index contributed by atoms with van der Waals surface area (Å²) in [5, 5.41) is 2.82. The molecule has 2 aromatic rings.